The van der Waals surface area contributed by atoms with Crippen molar-refractivity contribution < 1.29 is 14.4 Å². The first-order valence-corrected chi connectivity index (χ1v) is 8.44. The maximum Gasteiger partial charge on any atom is 0.259 e. The summed E-state index contributed by atoms with van der Waals surface area (Å²) < 4.78 is 0. The number of imide groups is 1. The molecule has 0 saturated carbocycles. The number of anilines is 2. The second-order valence-corrected chi connectivity index (χ2v) is 6.51. The van der Waals surface area contributed by atoms with Gasteiger partial charge in [-0.05, 0) is 24.3 Å². The van der Waals surface area contributed by atoms with Crippen molar-refractivity contribution >= 4 is 46.3 Å². The highest BCUT2D eigenvalue weighted by Gasteiger charge is 2.58. The van der Waals surface area contributed by atoms with Crippen LogP contribution in [0.2, 0.25) is 5.02 Å². The number of Topliss-reactive ketones (excluding diaryl/α,β-unsaturated/α-hetero) is 1. The predicted octanol–water partition coefficient (Wildman–Crippen LogP) is 2.66. The van der Waals surface area contributed by atoms with E-state index in [0.717, 1.165) is 4.90 Å². The number of carbonyl (C=O) groups is 3. The molecule has 0 N–H and O–H groups in total. The SMILES string of the molecule is CC(=O)C1=NN(c2ccccc2)C2C(=O)N(c3ccccc3Cl)C(=O)C12. The number of rotatable bonds is 3. The molecule has 0 aromatic heterocycles. The summed E-state index contributed by atoms with van der Waals surface area (Å²) in [6.45, 7) is 1.35. The van der Waals surface area contributed by atoms with Gasteiger partial charge in [0, 0.05) is 6.92 Å². The fraction of sp³-hybridized carbons (Fsp3) is 0.158. The molecule has 4 rings (SSSR count). The van der Waals surface area contributed by atoms with Gasteiger partial charge in [0.1, 0.15) is 17.7 Å². The van der Waals surface area contributed by atoms with E-state index in [1.54, 1.807) is 48.5 Å². The van der Waals surface area contributed by atoms with Gasteiger partial charge in [0.2, 0.25) is 5.91 Å². The molecule has 0 radical (unpaired) electrons. The molecular weight excluding hydrogens is 354 g/mol. The van der Waals surface area contributed by atoms with E-state index in [4.69, 9.17) is 11.6 Å². The van der Waals surface area contributed by atoms with Gasteiger partial charge in [0.25, 0.3) is 5.91 Å². The van der Waals surface area contributed by atoms with Crippen LogP contribution in [0, 0.1) is 5.92 Å². The largest absolute Gasteiger partial charge is 0.293 e. The molecule has 2 heterocycles. The molecule has 2 atom stereocenters. The van der Waals surface area contributed by atoms with E-state index in [-0.39, 0.29) is 11.5 Å². The number of hydrogen-bond acceptors (Lipinski definition) is 5. The van der Waals surface area contributed by atoms with Crippen LogP contribution in [0.3, 0.4) is 0 Å². The van der Waals surface area contributed by atoms with Crippen molar-refractivity contribution in [3.05, 3.63) is 59.6 Å². The number of benzene rings is 2. The minimum Gasteiger partial charge on any atom is -0.293 e. The lowest BCUT2D eigenvalue weighted by Crippen LogP contribution is -2.39. The summed E-state index contributed by atoms with van der Waals surface area (Å²) in [7, 11) is 0. The number of halogens is 1. The monoisotopic (exact) mass is 367 g/mol. The first kappa shape index (κ1) is 16.5. The maximum atomic E-state index is 13.1. The van der Waals surface area contributed by atoms with Crippen molar-refractivity contribution in [3.8, 4) is 0 Å². The molecule has 1 saturated heterocycles. The van der Waals surface area contributed by atoms with Crippen LogP contribution in [-0.2, 0) is 14.4 Å². The van der Waals surface area contributed by atoms with Crippen molar-refractivity contribution in [3.63, 3.8) is 0 Å². The van der Waals surface area contributed by atoms with E-state index < -0.39 is 23.8 Å². The fourth-order valence-corrected chi connectivity index (χ4v) is 3.59. The highest BCUT2D eigenvalue weighted by molar-refractivity contribution is 6.49. The van der Waals surface area contributed by atoms with Crippen molar-refractivity contribution in [2.24, 2.45) is 11.0 Å². The van der Waals surface area contributed by atoms with Crippen LogP contribution in [-0.4, -0.2) is 29.4 Å². The van der Waals surface area contributed by atoms with Gasteiger partial charge in [-0.15, -0.1) is 0 Å². The molecule has 2 unspecified atom stereocenters. The normalized spacial score (nSPS) is 21.8. The lowest BCUT2D eigenvalue weighted by atomic mass is 9.95. The fourth-order valence-electron chi connectivity index (χ4n) is 3.37. The zero-order chi connectivity index (χ0) is 18.4. The van der Waals surface area contributed by atoms with Crippen LogP contribution >= 0.6 is 11.6 Å². The number of hydrazone groups is 1. The molecule has 2 aromatic rings. The van der Waals surface area contributed by atoms with Crippen LogP contribution in [0.1, 0.15) is 6.92 Å². The van der Waals surface area contributed by atoms with E-state index >= 15 is 0 Å². The van der Waals surface area contributed by atoms with Crippen LogP contribution in [0.5, 0.6) is 0 Å². The van der Waals surface area contributed by atoms with Gasteiger partial charge >= 0.3 is 0 Å². The zero-order valence-electron chi connectivity index (χ0n) is 13.8. The zero-order valence-corrected chi connectivity index (χ0v) is 14.6. The summed E-state index contributed by atoms with van der Waals surface area (Å²) >= 11 is 6.19. The van der Waals surface area contributed by atoms with E-state index in [1.807, 2.05) is 6.07 Å². The summed E-state index contributed by atoms with van der Waals surface area (Å²) in [5, 5.41) is 6.04. The molecule has 0 spiro atoms. The van der Waals surface area contributed by atoms with Crippen LogP contribution in [0.15, 0.2) is 59.7 Å². The summed E-state index contributed by atoms with van der Waals surface area (Å²) in [6, 6.07) is 14.7. The Morgan fingerprint density at radius 2 is 1.65 bits per heavy atom. The molecule has 0 bridgehead atoms. The Kier molecular flexibility index (Phi) is 3.85. The van der Waals surface area contributed by atoms with Crippen molar-refractivity contribution in [2.45, 2.75) is 13.0 Å². The molecule has 2 aromatic carbocycles. The van der Waals surface area contributed by atoms with E-state index in [0.29, 0.717) is 16.4 Å². The Morgan fingerprint density at radius 3 is 2.31 bits per heavy atom. The van der Waals surface area contributed by atoms with Crippen molar-refractivity contribution in [2.75, 3.05) is 9.91 Å². The van der Waals surface area contributed by atoms with Gasteiger partial charge in [-0.1, -0.05) is 41.9 Å². The number of nitrogens with zero attached hydrogens (tertiary/aromatic N) is 3. The third-order valence-electron chi connectivity index (χ3n) is 4.52. The standard InChI is InChI=1S/C19H14ClN3O3/c1-11(24)16-15-17(23(21-16)12-7-3-2-4-8-12)19(26)22(18(15)25)14-10-6-5-9-13(14)20/h2-10,15,17H,1H3. The average molecular weight is 368 g/mol. The molecule has 2 aliphatic heterocycles. The highest BCUT2D eigenvalue weighted by atomic mass is 35.5. The van der Waals surface area contributed by atoms with E-state index in [1.165, 1.54) is 11.9 Å². The van der Waals surface area contributed by atoms with Crippen LogP contribution < -0.4 is 9.91 Å². The van der Waals surface area contributed by atoms with Gasteiger partial charge in [-0.25, -0.2) is 4.90 Å². The van der Waals surface area contributed by atoms with E-state index in [9.17, 15) is 14.4 Å². The summed E-state index contributed by atoms with van der Waals surface area (Å²) in [5.74, 6) is -2.20. The lowest BCUT2D eigenvalue weighted by Gasteiger charge is -2.22. The molecule has 1 fully saturated rings. The molecule has 6 nitrogen and oxygen atoms in total. The third-order valence-corrected chi connectivity index (χ3v) is 4.84. The van der Waals surface area contributed by atoms with Gasteiger partial charge in [-0.3, -0.25) is 19.4 Å². The first-order valence-electron chi connectivity index (χ1n) is 8.06. The summed E-state index contributed by atoms with van der Waals surface area (Å²) in [6.07, 6.45) is 0. The topological polar surface area (TPSA) is 70.1 Å². The number of hydrogen-bond donors (Lipinski definition) is 0. The third kappa shape index (κ3) is 2.34. The number of fused-ring (bicyclic) bond motifs is 1. The lowest BCUT2D eigenvalue weighted by molar-refractivity contribution is -0.122. The molecule has 130 valence electrons. The van der Waals surface area contributed by atoms with Crippen LogP contribution in [0.4, 0.5) is 11.4 Å². The Morgan fingerprint density at radius 1 is 1.00 bits per heavy atom. The Hall–Kier alpha value is -2.99. The number of ketones is 1. The summed E-state index contributed by atoms with van der Waals surface area (Å²) in [4.78, 5) is 39.3. The maximum absolute atomic E-state index is 13.1. The second kappa shape index (κ2) is 6.07. The van der Waals surface area contributed by atoms with Gasteiger partial charge in [0.15, 0.2) is 5.78 Å². The van der Waals surface area contributed by atoms with Gasteiger partial charge in [0.05, 0.1) is 16.4 Å². The molecule has 0 aliphatic carbocycles. The quantitative estimate of drug-likeness (QED) is 0.782. The minimum atomic E-state index is -0.934. The number of amides is 2. The molecule has 2 aliphatic rings. The molecule has 7 heteroatoms. The average Bonchev–Trinajstić information content (AvgIpc) is 3.15. The summed E-state index contributed by atoms with van der Waals surface area (Å²) in [5.41, 5.74) is 1.04. The molecule has 2 amide bonds. The van der Waals surface area contributed by atoms with Gasteiger partial charge in [-0.2, -0.15) is 5.10 Å². The van der Waals surface area contributed by atoms with Crippen molar-refractivity contribution in [1.82, 2.24) is 0 Å². The Balaban J connectivity index is 1.83. The first-order chi connectivity index (χ1) is 12.5. The predicted molar refractivity (Wildman–Crippen MR) is 98.3 cm³/mol. The number of carbonyl (C=O) groups excluding carboxylic acids is 3. The van der Waals surface area contributed by atoms with E-state index in [2.05, 4.69) is 5.10 Å². The molecular formula is C19H14ClN3O3. The van der Waals surface area contributed by atoms with Crippen molar-refractivity contribution in [1.29, 1.82) is 0 Å². The molecule has 26 heavy (non-hydrogen) atoms. The smallest absolute Gasteiger partial charge is 0.259 e. The Labute approximate surface area is 154 Å². The second-order valence-electron chi connectivity index (χ2n) is 6.11. The number of para-hydroxylation sites is 2. The van der Waals surface area contributed by atoms with Crippen LogP contribution in [0.25, 0.3) is 0 Å². The minimum absolute atomic E-state index is 0.0896. The van der Waals surface area contributed by atoms with Gasteiger partial charge < -0.3 is 0 Å². The Bertz CT molecular complexity index is 958. The highest BCUT2D eigenvalue weighted by Crippen LogP contribution is 2.39.